The van der Waals surface area contributed by atoms with E-state index in [-0.39, 0.29) is 33.5 Å². The van der Waals surface area contributed by atoms with E-state index in [9.17, 15) is 13.2 Å². The Morgan fingerprint density at radius 1 is 1.35 bits per heavy atom. The van der Waals surface area contributed by atoms with Gasteiger partial charge in [0.05, 0.1) is 15.5 Å². The van der Waals surface area contributed by atoms with Crippen molar-refractivity contribution < 1.29 is 13.2 Å². The van der Waals surface area contributed by atoms with Gasteiger partial charge >= 0.3 is 0 Å². The molecule has 1 aromatic rings. The van der Waals surface area contributed by atoms with Crippen LogP contribution in [0.3, 0.4) is 0 Å². The van der Waals surface area contributed by atoms with Gasteiger partial charge in [-0.25, -0.2) is 8.42 Å². The Kier molecular flexibility index (Phi) is 4.12. The molecule has 0 heterocycles. The zero-order chi connectivity index (χ0) is 15.1. The Morgan fingerprint density at radius 3 is 2.40 bits per heavy atom. The van der Waals surface area contributed by atoms with Crippen molar-refractivity contribution in [2.75, 3.05) is 6.26 Å². The van der Waals surface area contributed by atoms with Crippen molar-refractivity contribution in [2.45, 2.75) is 43.7 Å². The highest BCUT2D eigenvalue weighted by atomic mass is 35.5. The monoisotopic (exact) mass is 315 g/mol. The number of rotatable bonds is 4. The summed E-state index contributed by atoms with van der Waals surface area (Å²) in [5.41, 5.74) is 0.259. The predicted molar refractivity (Wildman–Crippen MR) is 78.9 cm³/mol. The van der Waals surface area contributed by atoms with Gasteiger partial charge in [-0.2, -0.15) is 0 Å². The lowest BCUT2D eigenvalue weighted by Crippen LogP contribution is -2.39. The molecule has 110 valence electrons. The third-order valence-electron chi connectivity index (χ3n) is 3.33. The third-order valence-corrected chi connectivity index (χ3v) is 4.77. The topological polar surface area (TPSA) is 54.5 Å². The number of amides is 1. The molecule has 4 nitrogen and oxygen atoms in total. The van der Waals surface area contributed by atoms with Crippen LogP contribution in [0.25, 0.3) is 0 Å². The molecule has 0 N–H and O–H groups in total. The molecule has 1 aliphatic carbocycles. The SMILES string of the molecule is CC(C)N(C(=O)c1cc(S(C)(=O)=O)ccc1Cl)C1CC1. The van der Waals surface area contributed by atoms with E-state index in [1.165, 1.54) is 18.2 Å². The van der Waals surface area contributed by atoms with E-state index in [1.807, 2.05) is 13.8 Å². The number of benzene rings is 1. The number of carbonyl (C=O) groups is 1. The van der Waals surface area contributed by atoms with E-state index < -0.39 is 9.84 Å². The van der Waals surface area contributed by atoms with Crippen molar-refractivity contribution in [2.24, 2.45) is 0 Å². The molecule has 1 aliphatic rings. The van der Waals surface area contributed by atoms with Crippen molar-refractivity contribution in [1.82, 2.24) is 4.90 Å². The van der Waals surface area contributed by atoms with Gasteiger partial charge in [0.25, 0.3) is 5.91 Å². The van der Waals surface area contributed by atoms with E-state index in [4.69, 9.17) is 11.6 Å². The number of nitrogens with zero attached hydrogens (tertiary/aromatic N) is 1. The number of hydrogen-bond donors (Lipinski definition) is 0. The summed E-state index contributed by atoms with van der Waals surface area (Å²) in [7, 11) is -3.36. The first-order chi connectivity index (χ1) is 9.21. The van der Waals surface area contributed by atoms with Gasteiger partial charge in [-0.1, -0.05) is 11.6 Å². The van der Waals surface area contributed by atoms with Crippen LogP contribution in [-0.2, 0) is 9.84 Å². The molecule has 0 unspecified atom stereocenters. The second kappa shape index (κ2) is 5.37. The van der Waals surface area contributed by atoms with Gasteiger partial charge in [-0.15, -0.1) is 0 Å². The molecule has 6 heteroatoms. The normalized spacial score (nSPS) is 15.4. The van der Waals surface area contributed by atoms with Crippen LogP contribution in [-0.4, -0.2) is 37.6 Å². The minimum absolute atomic E-state index is 0.0629. The summed E-state index contributed by atoms with van der Waals surface area (Å²) >= 11 is 6.07. The van der Waals surface area contributed by atoms with E-state index in [0.29, 0.717) is 0 Å². The van der Waals surface area contributed by atoms with E-state index in [1.54, 1.807) is 4.90 Å². The van der Waals surface area contributed by atoms with Crippen LogP contribution in [0.4, 0.5) is 0 Å². The summed E-state index contributed by atoms with van der Waals surface area (Å²) in [4.78, 5) is 14.5. The molecule has 0 spiro atoms. The maximum atomic E-state index is 12.6. The third kappa shape index (κ3) is 3.15. The van der Waals surface area contributed by atoms with Crippen LogP contribution < -0.4 is 0 Å². The van der Waals surface area contributed by atoms with E-state index in [0.717, 1.165) is 19.1 Å². The Morgan fingerprint density at radius 2 is 1.95 bits per heavy atom. The van der Waals surface area contributed by atoms with Gasteiger partial charge in [-0.05, 0) is 44.9 Å². The Bertz CT molecular complexity index is 634. The van der Waals surface area contributed by atoms with Crippen molar-refractivity contribution in [3.05, 3.63) is 28.8 Å². The van der Waals surface area contributed by atoms with Gasteiger partial charge < -0.3 is 4.90 Å². The molecule has 20 heavy (non-hydrogen) atoms. The van der Waals surface area contributed by atoms with Crippen LogP contribution >= 0.6 is 11.6 Å². The largest absolute Gasteiger partial charge is 0.333 e. The van der Waals surface area contributed by atoms with Gasteiger partial charge in [-0.3, -0.25) is 4.79 Å². The molecule has 1 fully saturated rings. The minimum Gasteiger partial charge on any atom is -0.333 e. The lowest BCUT2D eigenvalue weighted by atomic mass is 10.1. The van der Waals surface area contributed by atoms with Gasteiger partial charge in [0.1, 0.15) is 0 Å². The molecule has 0 radical (unpaired) electrons. The minimum atomic E-state index is -3.36. The lowest BCUT2D eigenvalue weighted by Gasteiger charge is -2.27. The summed E-state index contributed by atoms with van der Waals surface area (Å²) in [5, 5.41) is 0.286. The fourth-order valence-corrected chi connectivity index (χ4v) is 3.06. The molecule has 0 aromatic heterocycles. The smallest absolute Gasteiger partial charge is 0.255 e. The molecule has 1 saturated carbocycles. The quantitative estimate of drug-likeness (QED) is 0.858. The number of sulfone groups is 1. The van der Waals surface area contributed by atoms with Crippen molar-refractivity contribution in [3.8, 4) is 0 Å². The summed E-state index contributed by atoms with van der Waals surface area (Å²) < 4.78 is 23.2. The molecule has 0 aliphatic heterocycles. The van der Waals surface area contributed by atoms with Crippen LogP contribution in [0.2, 0.25) is 5.02 Å². The molecule has 1 amide bonds. The molecular weight excluding hydrogens is 298 g/mol. The second-order valence-corrected chi connectivity index (χ2v) is 7.87. The van der Waals surface area contributed by atoms with Crippen LogP contribution in [0.15, 0.2) is 23.1 Å². The highest BCUT2D eigenvalue weighted by Gasteiger charge is 2.35. The fourth-order valence-electron chi connectivity index (χ4n) is 2.21. The summed E-state index contributed by atoms with van der Waals surface area (Å²) in [5.74, 6) is -0.196. The van der Waals surface area contributed by atoms with E-state index >= 15 is 0 Å². The predicted octanol–water partition coefficient (Wildman–Crippen LogP) is 2.76. The zero-order valence-electron chi connectivity index (χ0n) is 11.8. The molecule has 0 bridgehead atoms. The molecule has 0 saturated heterocycles. The number of halogens is 1. The highest BCUT2D eigenvalue weighted by molar-refractivity contribution is 7.90. The van der Waals surface area contributed by atoms with Gasteiger partial charge in [0.2, 0.25) is 0 Å². The summed E-state index contributed by atoms with van der Waals surface area (Å²) in [6.45, 7) is 3.90. The second-order valence-electron chi connectivity index (χ2n) is 5.45. The Hall–Kier alpha value is -1.07. The molecule has 0 atom stereocenters. The summed E-state index contributed by atoms with van der Waals surface area (Å²) in [6.07, 6.45) is 3.10. The maximum Gasteiger partial charge on any atom is 0.255 e. The molecule has 1 aromatic carbocycles. The van der Waals surface area contributed by atoms with Gasteiger partial charge in [0, 0.05) is 18.3 Å². The Labute approximate surface area is 124 Å². The van der Waals surface area contributed by atoms with Crippen molar-refractivity contribution >= 4 is 27.3 Å². The first-order valence-electron chi connectivity index (χ1n) is 6.54. The Balaban J connectivity index is 2.43. The standard InChI is InChI=1S/C14H18ClNO3S/c1-9(2)16(10-4-5-10)14(17)12-8-11(20(3,18)19)6-7-13(12)15/h6-10H,4-5H2,1-3H3. The van der Waals surface area contributed by atoms with Crippen LogP contribution in [0, 0.1) is 0 Å². The zero-order valence-corrected chi connectivity index (χ0v) is 13.3. The fraction of sp³-hybridized carbons (Fsp3) is 0.500. The van der Waals surface area contributed by atoms with Crippen LogP contribution in [0.1, 0.15) is 37.0 Å². The lowest BCUT2D eigenvalue weighted by molar-refractivity contribution is 0.0690. The van der Waals surface area contributed by atoms with Crippen LogP contribution in [0.5, 0.6) is 0 Å². The average molecular weight is 316 g/mol. The molecule has 2 rings (SSSR count). The van der Waals surface area contributed by atoms with E-state index in [2.05, 4.69) is 0 Å². The number of hydrogen-bond acceptors (Lipinski definition) is 3. The first kappa shape index (κ1) is 15.3. The average Bonchev–Trinajstić information content (AvgIpc) is 3.11. The summed E-state index contributed by atoms with van der Waals surface area (Å²) in [6, 6.07) is 4.58. The first-order valence-corrected chi connectivity index (χ1v) is 8.81. The number of carbonyl (C=O) groups excluding carboxylic acids is 1. The molecular formula is C14H18ClNO3S. The van der Waals surface area contributed by atoms with Gasteiger partial charge in [0.15, 0.2) is 9.84 Å². The van der Waals surface area contributed by atoms with Crippen molar-refractivity contribution in [3.63, 3.8) is 0 Å². The maximum absolute atomic E-state index is 12.6. The highest BCUT2D eigenvalue weighted by Crippen LogP contribution is 2.32. The van der Waals surface area contributed by atoms with Crippen molar-refractivity contribution in [1.29, 1.82) is 0 Å².